The molecule has 6 heteroatoms. The number of nitrogens with one attached hydrogen (secondary N) is 1. The number of hydrogen-bond donors (Lipinski definition) is 2. The van der Waals surface area contributed by atoms with Crippen LogP contribution < -0.4 is 5.32 Å². The lowest BCUT2D eigenvalue weighted by Gasteiger charge is -2.23. The highest BCUT2D eigenvalue weighted by molar-refractivity contribution is 9.10. The van der Waals surface area contributed by atoms with Crippen molar-refractivity contribution in [1.82, 2.24) is 5.32 Å². The van der Waals surface area contributed by atoms with Gasteiger partial charge in [0, 0.05) is 23.8 Å². The first kappa shape index (κ1) is 16.6. The number of benzene rings is 1. The van der Waals surface area contributed by atoms with E-state index < -0.39 is 20.7 Å². The Morgan fingerprint density at radius 2 is 2.05 bits per heavy atom. The third-order valence-corrected chi connectivity index (χ3v) is 5.77. The Bertz CT molecular complexity index is 528. The Morgan fingerprint density at radius 3 is 2.58 bits per heavy atom. The minimum atomic E-state index is -3.12. The van der Waals surface area contributed by atoms with Gasteiger partial charge in [-0.25, -0.2) is 8.42 Å². The molecule has 4 nitrogen and oxygen atoms in total. The Balaban J connectivity index is 2.55. The first-order valence-electron chi connectivity index (χ1n) is 5.97. The SMILES string of the molecule is CC(C)(CNCC(O)c1cccc(Br)c1)S(C)(=O)=O. The van der Waals surface area contributed by atoms with Crippen LogP contribution in [0.15, 0.2) is 28.7 Å². The second kappa shape index (κ2) is 6.35. The first-order chi connectivity index (χ1) is 8.63. The quantitative estimate of drug-likeness (QED) is 0.822. The maximum Gasteiger partial charge on any atom is 0.153 e. The molecule has 0 aliphatic rings. The van der Waals surface area contributed by atoms with Gasteiger partial charge in [-0.05, 0) is 31.5 Å². The fourth-order valence-electron chi connectivity index (χ4n) is 1.47. The van der Waals surface area contributed by atoms with E-state index >= 15 is 0 Å². The van der Waals surface area contributed by atoms with Crippen LogP contribution in [-0.4, -0.2) is 37.6 Å². The Morgan fingerprint density at radius 1 is 1.42 bits per heavy atom. The highest BCUT2D eigenvalue weighted by Gasteiger charge is 2.29. The number of aliphatic hydroxyl groups excluding tert-OH is 1. The normalized spacial score (nSPS) is 14.4. The molecule has 0 fully saturated rings. The van der Waals surface area contributed by atoms with E-state index in [0.29, 0.717) is 13.1 Å². The molecule has 0 amide bonds. The van der Waals surface area contributed by atoms with Crippen molar-refractivity contribution in [3.63, 3.8) is 0 Å². The molecule has 1 rings (SSSR count). The Kier molecular flexibility index (Phi) is 5.55. The van der Waals surface area contributed by atoms with Gasteiger partial charge in [-0.2, -0.15) is 0 Å². The van der Waals surface area contributed by atoms with Crippen LogP contribution in [-0.2, 0) is 9.84 Å². The Hall–Kier alpha value is -0.430. The lowest BCUT2D eigenvalue weighted by atomic mass is 10.1. The zero-order valence-corrected chi connectivity index (χ0v) is 13.8. The van der Waals surface area contributed by atoms with E-state index in [1.54, 1.807) is 13.8 Å². The summed E-state index contributed by atoms with van der Waals surface area (Å²) in [6.07, 6.45) is 0.562. The minimum absolute atomic E-state index is 0.302. The molecule has 0 saturated carbocycles. The fraction of sp³-hybridized carbons (Fsp3) is 0.538. The largest absolute Gasteiger partial charge is 0.387 e. The molecule has 0 radical (unpaired) electrons. The molecule has 2 N–H and O–H groups in total. The molecule has 0 aliphatic heterocycles. The lowest BCUT2D eigenvalue weighted by Crippen LogP contribution is -2.42. The number of halogens is 1. The second-order valence-corrected chi connectivity index (χ2v) is 8.80. The average Bonchev–Trinajstić information content (AvgIpc) is 2.27. The van der Waals surface area contributed by atoms with Gasteiger partial charge < -0.3 is 10.4 Å². The van der Waals surface area contributed by atoms with Crippen LogP contribution >= 0.6 is 15.9 Å². The van der Waals surface area contributed by atoms with Crippen LogP contribution in [0, 0.1) is 0 Å². The predicted molar refractivity (Wildman–Crippen MR) is 80.9 cm³/mol. The van der Waals surface area contributed by atoms with Gasteiger partial charge in [-0.3, -0.25) is 0 Å². The van der Waals surface area contributed by atoms with Crippen molar-refractivity contribution in [3.05, 3.63) is 34.3 Å². The number of sulfone groups is 1. The topological polar surface area (TPSA) is 66.4 Å². The van der Waals surface area contributed by atoms with Crippen LogP contribution in [0.3, 0.4) is 0 Å². The van der Waals surface area contributed by atoms with Crippen LogP contribution in [0.25, 0.3) is 0 Å². The second-order valence-electron chi connectivity index (χ2n) is 5.23. The summed E-state index contributed by atoms with van der Waals surface area (Å²) >= 11 is 3.35. The molecule has 108 valence electrons. The summed E-state index contributed by atoms with van der Waals surface area (Å²) in [7, 11) is -3.12. The maximum absolute atomic E-state index is 11.5. The van der Waals surface area contributed by atoms with Crippen molar-refractivity contribution >= 4 is 25.8 Å². The summed E-state index contributed by atoms with van der Waals surface area (Å²) in [5.74, 6) is 0. The summed E-state index contributed by atoms with van der Waals surface area (Å²) in [6, 6.07) is 7.41. The van der Waals surface area contributed by atoms with Gasteiger partial charge in [0.2, 0.25) is 0 Å². The summed E-state index contributed by atoms with van der Waals surface area (Å²) in [6.45, 7) is 3.95. The van der Waals surface area contributed by atoms with Gasteiger partial charge >= 0.3 is 0 Å². The van der Waals surface area contributed by atoms with Crippen molar-refractivity contribution in [2.24, 2.45) is 0 Å². The molecular formula is C13H20BrNO3S. The number of rotatable bonds is 6. The maximum atomic E-state index is 11.5. The first-order valence-corrected chi connectivity index (χ1v) is 8.66. The number of aliphatic hydroxyl groups is 1. The van der Waals surface area contributed by atoms with Gasteiger partial charge in [-0.15, -0.1) is 0 Å². The summed E-state index contributed by atoms with van der Waals surface area (Å²) < 4.78 is 23.1. The molecule has 1 aromatic carbocycles. The van der Waals surface area contributed by atoms with Crippen LogP contribution in [0.5, 0.6) is 0 Å². The summed E-state index contributed by atoms with van der Waals surface area (Å²) in [5.41, 5.74) is 0.791. The van der Waals surface area contributed by atoms with Crippen molar-refractivity contribution in [2.45, 2.75) is 24.7 Å². The standard InChI is InChI=1S/C13H20BrNO3S/c1-13(2,19(3,17)18)9-15-8-12(16)10-5-4-6-11(14)7-10/h4-7,12,15-16H,8-9H2,1-3H3. The van der Waals surface area contributed by atoms with E-state index in [1.165, 1.54) is 6.26 Å². The number of hydrogen-bond acceptors (Lipinski definition) is 4. The van der Waals surface area contributed by atoms with E-state index in [1.807, 2.05) is 24.3 Å². The molecule has 0 saturated heterocycles. The van der Waals surface area contributed by atoms with Crippen LogP contribution in [0.1, 0.15) is 25.5 Å². The van der Waals surface area contributed by atoms with Crippen molar-refractivity contribution in [3.8, 4) is 0 Å². The van der Waals surface area contributed by atoms with E-state index in [-0.39, 0.29) is 0 Å². The molecule has 1 unspecified atom stereocenters. The van der Waals surface area contributed by atoms with E-state index in [9.17, 15) is 13.5 Å². The average molecular weight is 350 g/mol. The minimum Gasteiger partial charge on any atom is -0.387 e. The van der Waals surface area contributed by atoms with Crippen LogP contribution in [0.2, 0.25) is 0 Å². The zero-order chi connectivity index (χ0) is 14.7. The van der Waals surface area contributed by atoms with Gasteiger partial charge in [0.25, 0.3) is 0 Å². The van der Waals surface area contributed by atoms with E-state index in [0.717, 1.165) is 10.0 Å². The van der Waals surface area contributed by atoms with Crippen molar-refractivity contribution in [2.75, 3.05) is 19.3 Å². The van der Waals surface area contributed by atoms with Gasteiger partial charge in [-0.1, -0.05) is 28.1 Å². The van der Waals surface area contributed by atoms with Crippen molar-refractivity contribution in [1.29, 1.82) is 0 Å². The zero-order valence-electron chi connectivity index (χ0n) is 11.4. The molecule has 1 atom stereocenters. The highest BCUT2D eigenvalue weighted by atomic mass is 79.9. The van der Waals surface area contributed by atoms with Gasteiger partial charge in [0.1, 0.15) is 0 Å². The predicted octanol–water partition coefficient (Wildman–Crippen LogP) is 1.90. The van der Waals surface area contributed by atoms with E-state index in [4.69, 9.17) is 0 Å². The fourth-order valence-corrected chi connectivity index (χ4v) is 2.25. The lowest BCUT2D eigenvalue weighted by molar-refractivity contribution is 0.174. The molecule has 0 aromatic heterocycles. The van der Waals surface area contributed by atoms with E-state index in [2.05, 4.69) is 21.2 Å². The highest BCUT2D eigenvalue weighted by Crippen LogP contribution is 2.18. The molecule has 0 heterocycles. The Labute approximate surface area is 123 Å². The summed E-state index contributed by atoms with van der Waals surface area (Å²) in [5, 5.41) is 13.0. The van der Waals surface area contributed by atoms with Gasteiger partial charge in [0.15, 0.2) is 9.84 Å². The monoisotopic (exact) mass is 349 g/mol. The molecule has 0 aliphatic carbocycles. The third-order valence-electron chi connectivity index (χ3n) is 3.13. The molecule has 1 aromatic rings. The smallest absolute Gasteiger partial charge is 0.153 e. The third kappa shape index (κ3) is 4.87. The molecule has 0 spiro atoms. The molecular weight excluding hydrogens is 330 g/mol. The molecule has 19 heavy (non-hydrogen) atoms. The summed E-state index contributed by atoms with van der Waals surface area (Å²) in [4.78, 5) is 0. The molecule has 0 bridgehead atoms. The van der Waals surface area contributed by atoms with Crippen molar-refractivity contribution < 1.29 is 13.5 Å². The van der Waals surface area contributed by atoms with Gasteiger partial charge in [0.05, 0.1) is 10.9 Å². The van der Waals surface area contributed by atoms with Crippen LogP contribution in [0.4, 0.5) is 0 Å².